The van der Waals surface area contributed by atoms with Crippen LogP contribution >= 0.6 is 11.8 Å². The van der Waals surface area contributed by atoms with Crippen molar-refractivity contribution in [2.75, 3.05) is 6.61 Å². The number of nitrogens with zero attached hydrogens (tertiary/aromatic N) is 1. The number of ether oxygens (including phenoxy) is 1. The van der Waals surface area contributed by atoms with E-state index in [1.54, 1.807) is 24.3 Å². The molecule has 0 spiro atoms. The second-order valence-corrected chi connectivity index (χ2v) is 7.29. The van der Waals surface area contributed by atoms with Gasteiger partial charge in [0.25, 0.3) is 5.91 Å². The first kappa shape index (κ1) is 20.5. The van der Waals surface area contributed by atoms with Gasteiger partial charge in [-0.2, -0.15) is 0 Å². The Hall–Kier alpha value is -3.26. The van der Waals surface area contributed by atoms with Gasteiger partial charge >= 0.3 is 5.97 Å². The molecule has 0 unspecified atom stereocenters. The number of carbonyl (C=O) groups is 2. The SMILES string of the molecule is CCCCOC(=O)c1ccc(N=C2NC(=O)/C(=C/c3ccc(O)cc3O)S2)cc1. The normalized spacial score (nSPS) is 16.2. The maximum atomic E-state index is 12.2. The van der Waals surface area contributed by atoms with Crippen LogP contribution in [-0.4, -0.2) is 33.9 Å². The van der Waals surface area contributed by atoms with E-state index in [1.807, 2.05) is 6.92 Å². The molecule has 3 N–H and O–H groups in total. The Morgan fingerprint density at radius 1 is 1.21 bits per heavy atom. The van der Waals surface area contributed by atoms with Crippen molar-refractivity contribution in [3.63, 3.8) is 0 Å². The fraction of sp³-hybridized carbons (Fsp3) is 0.190. The van der Waals surface area contributed by atoms with E-state index >= 15 is 0 Å². The molecule has 0 bridgehead atoms. The summed E-state index contributed by atoms with van der Waals surface area (Å²) >= 11 is 1.13. The number of hydrogen-bond acceptors (Lipinski definition) is 7. The van der Waals surface area contributed by atoms with Gasteiger partial charge in [0, 0.05) is 11.6 Å². The first-order valence-corrected chi connectivity index (χ1v) is 9.86. The van der Waals surface area contributed by atoms with E-state index in [9.17, 15) is 19.8 Å². The van der Waals surface area contributed by atoms with Crippen LogP contribution in [0.4, 0.5) is 5.69 Å². The number of hydrogen-bond donors (Lipinski definition) is 3. The number of thioether (sulfide) groups is 1. The molecule has 150 valence electrons. The van der Waals surface area contributed by atoms with Gasteiger partial charge in [0.2, 0.25) is 0 Å². The molecule has 8 heteroatoms. The summed E-state index contributed by atoms with van der Waals surface area (Å²) in [6.07, 6.45) is 3.30. The van der Waals surface area contributed by atoms with Gasteiger partial charge in [0.05, 0.1) is 22.8 Å². The van der Waals surface area contributed by atoms with E-state index in [0.717, 1.165) is 24.6 Å². The second-order valence-electron chi connectivity index (χ2n) is 6.26. The van der Waals surface area contributed by atoms with Gasteiger partial charge in [-0.1, -0.05) is 13.3 Å². The number of amidine groups is 1. The van der Waals surface area contributed by atoms with E-state index in [4.69, 9.17) is 4.74 Å². The van der Waals surface area contributed by atoms with Crippen LogP contribution in [0.15, 0.2) is 52.4 Å². The molecule has 0 saturated carbocycles. The molecule has 1 amide bonds. The molecule has 2 aromatic carbocycles. The van der Waals surface area contributed by atoms with Crippen LogP contribution in [0.2, 0.25) is 0 Å². The van der Waals surface area contributed by atoms with Gasteiger partial charge in [0.1, 0.15) is 11.5 Å². The van der Waals surface area contributed by atoms with Gasteiger partial charge in [-0.3, -0.25) is 4.79 Å². The van der Waals surface area contributed by atoms with Crippen molar-refractivity contribution in [1.82, 2.24) is 5.32 Å². The van der Waals surface area contributed by atoms with Crippen LogP contribution in [0.5, 0.6) is 11.5 Å². The Labute approximate surface area is 172 Å². The predicted molar refractivity (Wildman–Crippen MR) is 112 cm³/mol. The van der Waals surface area contributed by atoms with Crippen molar-refractivity contribution in [2.45, 2.75) is 19.8 Å². The number of unbranched alkanes of at least 4 members (excludes halogenated alkanes) is 1. The van der Waals surface area contributed by atoms with Crippen molar-refractivity contribution >= 4 is 40.6 Å². The summed E-state index contributed by atoms with van der Waals surface area (Å²) in [6.45, 7) is 2.42. The van der Waals surface area contributed by atoms with Crippen LogP contribution < -0.4 is 5.32 Å². The molecule has 29 heavy (non-hydrogen) atoms. The van der Waals surface area contributed by atoms with Crippen molar-refractivity contribution in [3.8, 4) is 11.5 Å². The van der Waals surface area contributed by atoms with Crippen LogP contribution in [0.25, 0.3) is 6.08 Å². The van der Waals surface area contributed by atoms with Gasteiger partial charge < -0.3 is 20.3 Å². The van der Waals surface area contributed by atoms with E-state index < -0.39 is 0 Å². The summed E-state index contributed by atoms with van der Waals surface area (Å²) < 4.78 is 5.16. The number of carbonyl (C=O) groups excluding carboxylic acids is 2. The number of aromatic hydroxyl groups is 2. The number of aliphatic imine (C=N–C) groups is 1. The largest absolute Gasteiger partial charge is 0.508 e. The molecule has 0 atom stereocenters. The Morgan fingerprint density at radius 2 is 1.97 bits per heavy atom. The highest BCUT2D eigenvalue weighted by atomic mass is 32.2. The zero-order valence-electron chi connectivity index (χ0n) is 15.7. The number of phenols is 2. The van der Waals surface area contributed by atoms with Gasteiger partial charge in [-0.05, 0) is 60.7 Å². The Morgan fingerprint density at radius 3 is 2.66 bits per heavy atom. The van der Waals surface area contributed by atoms with Crippen molar-refractivity contribution in [1.29, 1.82) is 0 Å². The first-order chi connectivity index (χ1) is 14.0. The monoisotopic (exact) mass is 412 g/mol. The molecule has 7 nitrogen and oxygen atoms in total. The summed E-state index contributed by atoms with van der Waals surface area (Å²) in [5.74, 6) is -0.900. The quantitative estimate of drug-likeness (QED) is 0.377. The fourth-order valence-electron chi connectivity index (χ4n) is 2.46. The minimum absolute atomic E-state index is 0.0619. The third kappa shape index (κ3) is 5.39. The zero-order chi connectivity index (χ0) is 20.8. The minimum atomic E-state index is -0.375. The first-order valence-electron chi connectivity index (χ1n) is 9.05. The number of esters is 1. The topological polar surface area (TPSA) is 108 Å². The molecule has 0 aromatic heterocycles. The highest BCUT2D eigenvalue weighted by molar-refractivity contribution is 8.18. The van der Waals surface area contributed by atoms with Gasteiger partial charge in [-0.25, -0.2) is 9.79 Å². The zero-order valence-corrected chi connectivity index (χ0v) is 16.5. The smallest absolute Gasteiger partial charge is 0.338 e. The third-order valence-corrected chi connectivity index (χ3v) is 4.93. The molecular weight excluding hydrogens is 392 g/mol. The van der Waals surface area contributed by atoms with Crippen molar-refractivity contribution in [2.24, 2.45) is 4.99 Å². The molecule has 2 aromatic rings. The summed E-state index contributed by atoms with van der Waals surface area (Å²) in [6, 6.07) is 10.7. The maximum absolute atomic E-state index is 12.2. The molecule has 1 heterocycles. The lowest BCUT2D eigenvalue weighted by Crippen LogP contribution is -2.19. The Kier molecular flexibility index (Phi) is 6.56. The van der Waals surface area contributed by atoms with E-state index in [0.29, 0.717) is 33.5 Å². The number of nitrogens with one attached hydrogen (secondary N) is 1. The van der Waals surface area contributed by atoms with Crippen LogP contribution in [0.1, 0.15) is 35.7 Å². The second kappa shape index (κ2) is 9.29. The molecule has 1 fully saturated rings. The number of phenolic OH excluding ortho intramolecular Hbond substituents is 2. The lowest BCUT2D eigenvalue weighted by molar-refractivity contribution is -0.115. The lowest BCUT2D eigenvalue weighted by atomic mass is 10.2. The fourth-order valence-corrected chi connectivity index (χ4v) is 3.29. The van der Waals surface area contributed by atoms with Crippen LogP contribution in [-0.2, 0) is 9.53 Å². The summed E-state index contributed by atoms with van der Waals surface area (Å²) in [5.41, 5.74) is 1.43. The average Bonchev–Trinajstić information content (AvgIpc) is 3.03. The maximum Gasteiger partial charge on any atom is 0.338 e. The summed E-state index contributed by atoms with van der Waals surface area (Å²) in [7, 11) is 0. The third-order valence-electron chi connectivity index (χ3n) is 4.02. The minimum Gasteiger partial charge on any atom is -0.508 e. The highest BCUT2D eigenvalue weighted by Crippen LogP contribution is 2.31. The predicted octanol–water partition coefficient (Wildman–Crippen LogP) is 3.95. The summed E-state index contributed by atoms with van der Waals surface area (Å²) in [4.78, 5) is 28.8. The molecular formula is C21H20N2O5S. The lowest BCUT2D eigenvalue weighted by Gasteiger charge is -2.04. The highest BCUT2D eigenvalue weighted by Gasteiger charge is 2.24. The van der Waals surface area contributed by atoms with Crippen LogP contribution in [0.3, 0.4) is 0 Å². The standard InChI is InChI=1S/C21H20N2O5S/c1-2-3-10-28-20(27)13-4-7-15(8-5-13)22-21-23-19(26)18(29-21)11-14-6-9-16(24)12-17(14)25/h4-9,11-12,24-25H,2-3,10H2,1H3,(H,22,23,26)/b18-11-. The van der Waals surface area contributed by atoms with Crippen molar-refractivity contribution < 1.29 is 24.5 Å². The Bertz CT molecular complexity index is 983. The molecule has 1 aliphatic rings. The number of amides is 1. The number of benzene rings is 2. The van der Waals surface area contributed by atoms with E-state index in [-0.39, 0.29) is 23.4 Å². The summed E-state index contributed by atoms with van der Waals surface area (Å²) in [5, 5.41) is 22.3. The molecule has 0 radical (unpaired) electrons. The number of rotatable bonds is 6. The van der Waals surface area contributed by atoms with E-state index in [2.05, 4.69) is 10.3 Å². The van der Waals surface area contributed by atoms with Gasteiger partial charge in [0.15, 0.2) is 5.17 Å². The molecule has 0 aliphatic carbocycles. The van der Waals surface area contributed by atoms with Gasteiger partial charge in [-0.15, -0.1) is 0 Å². The van der Waals surface area contributed by atoms with Crippen molar-refractivity contribution in [3.05, 3.63) is 58.5 Å². The average molecular weight is 412 g/mol. The Balaban J connectivity index is 1.69. The molecule has 1 saturated heterocycles. The van der Waals surface area contributed by atoms with E-state index in [1.165, 1.54) is 24.3 Å². The van der Waals surface area contributed by atoms with Crippen LogP contribution in [0, 0.1) is 0 Å². The molecule has 3 rings (SSSR count). The molecule has 1 aliphatic heterocycles.